The Balaban J connectivity index is 1.59. The molecule has 1 aliphatic rings. The molecule has 0 saturated heterocycles. The van der Waals surface area contributed by atoms with Crippen molar-refractivity contribution in [1.82, 2.24) is 15.2 Å². The molecule has 1 fully saturated rings. The summed E-state index contributed by atoms with van der Waals surface area (Å²) in [5.74, 6) is 0.109. The van der Waals surface area contributed by atoms with Crippen LogP contribution >= 0.6 is 0 Å². The molecule has 1 aliphatic carbocycles. The van der Waals surface area contributed by atoms with E-state index in [9.17, 15) is 4.79 Å². The van der Waals surface area contributed by atoms with Gasteiger partial charge in [0.2, 0.25) is 5.91 Å². The van der Waals surface area contributed by atoms with Crippen LogP contribution in [-0.2, 0) is 4.79 Å². The maximum atomic E-state index is 12.4. The van der Waals surface area contributed by atoms with E-state index in [1.807, 2.05) is 41.2 Å². The van der Waals surface area contributed by atoms with E-state index in [-0.39, 0.29) is 11.8 Å². The average Bonchev–Trinajstić information content (AvgIpc) is 3.19. The standard InChI is InChI=1S/C24H26N4O/c1-18-12-14-19(15-13-18)23-21(17-28(27-23)22-10-6-3-7-11-22)16-25-26-24(29)20-8-4-2-5-9-20/h3,6-7,10-17,20H,2,4-5,8-9H2,1H3,(H,26,29)/b25-16-. The number of benzene rings is 2. The van der Waals surface area contributed by atoms with Gasteiger partial charge in [-0.15, -0.1) is 0 Å². The summed E-state index contributed by atoms with van der Waals surface area (Å²) in [5.41, 5.74) is 7.63. The molecule has 2 aromatic carbocycles. The molecule has 0 radical (unpaired) electrons. The maximum absolute atomic E-state index is 12.4. The van der Waals surface area contributed by atoms with E-state index in [1.165, 1.54) is 12.0 Å². The Hall–Kier alpha value is -3.21. The number of hydrogen-bond donors (Lipinski definition) is 1. The molecule has 0 bridgehead atoms. The minimum atomic E-state index is 0.0216. The first-order chi connectivity index (χ1) is 14.2. The predicted molar refractivity (Wildman–Crippen MR) is 116 cm³/mol. The molecule has 0 atom stereocenters. The first-order valence-electron chi connectivity index (χ1n) is 10.3. The molecule has 5 nitrogen and oxygen atoms in total. The van der Waals surface area contributed by atoms with Gasteiger partial charge in [0.15, 0.2) is 0 Å². The second kappa shape index (κ2) is 8.86. The molecular formula is C24H26N4O. The van der Waals surface area contributed by atoms with Gasteiger partial charge in [0.1, 0.15) is 5.69 Å². The first-order valence-corrected chi connectivity index (χ1v) is 10.3. The molecule has 0 unspecified atom stereocenters. The molecule has 1 N–H and O–H groups in total. The Labute approximate surface area is 171 Å². The fraction of sp³-hybridized carbons (Fsp3) is 0.292. The predicted octanol–water partition coefficient (Wildman–Crippen LogP) is 4.88. The zero-order valence-electron chi connectivity index (χ0n) is 16.7. The lowest BCUT2D eigenvalue weighted by Gasteiger charge is -2.19. The van der Waals surface area contributed by atoms with Crippen LogP contribution in [-0.4, -0.2) is 21.9 Å². The Morgan fingerprint density at radius 3 is 2.52 bits per heavy atom. The largest absolute Gasteiger partial charge is 0.273 e. The smallest absolute Gasteiger partial charge is 0.243 e. The number of hydrogen-bond acceptors (Lipinski definition) is 3. The molecule has 0 spiro atoms. The third-order valence-corrected chi connectivity index (χ3v) is 5.44. The van der Waals surface area contributed by atoms with Crippen molar-refractivity contribution in [2.24, 2.45) is 11.0 Å². The van der Waals surface area contributed by atoms with E-state index in [1.54, 1.807) is 6.21 Å². The number of nitrogens with one attached hydrogen (secondary N) is 1. The van der Waals surface area contributed by atoms with Crippen LogP contribution in [0.3, 0.4) is 0 Å². The molecule has 3 aromatic rings. The van der Waals surface area contributed by atoms with E-state index in [2.05, 4.69) is 41.7 Å². The molecular weight excluding hydrogens is 360 g/mol. The van der Waals surface area contributed by atoms with Crippen molar-refractivity contribution in [3.8, 4) is 16.9 Å². The first kappa shape index (κ1) is 19.1. The average molecular weight is 386 g/mol. The van der Waals surface area contributed by atoms with Gasteiger partial charge in [-0.25, -0.2) is 10.1 Å². The lowest BCUT2D eigenvalue weighted by atomic mass is 9.89. The SMILES string of the molecule is Cc1ccc(-c2nn(-c3ccccc3)cc2/C=N\NC(=O)C2CCCCC2)cc1. The van der Waals surface area contributed by atoms with E-state index in [0.717, 1.165) is 48.2 Å². The van der Waals surface area contributed by atoms with Gasteiger partial charge in [-0.1, -0.05) is 67.3 Å². The summed E-state index contributed by atoms with van der Waals surface area (Å²) >= 11 is 0. The Morgan fingerprint density at radius 2 is 1.79 bits per heavy atom. The van der Waals surface area contributed by atoms with Gasteiger partial charge in [0, 0.05) is 23.2 Å². The van der Waals surface area contributed by atoms with Gasteiger partial charge in [-0.3, -0.25) is 4.79 Å². The Kier molecular flexibility index (Phi) is 5.84. The normalized spacial score (nSPS) is 14.9. The summed E-state index contributed by atoms with van der Waals surface area (Å²) in [6, 6.07) is 18.2. The van der Waals surface area contributed by atoms with Crippen molar-refractivity contribution in [1.29, 1.82) is 0 Å². The zero-order chi connectivity index (χ0) is 20.1. The van der Waals surface area contributed by atoms with Crippen LogP contribution in [0.4, 0.5) is 0 Å². The number of amides is 1. The van der Waals surface area contributed by atoms with Crippen molar-refractivity contribution >= 4 is 12.1 Å². The van der Waals surface area contributed by atoms with Crippen molar-refractivity contribution in [3.05, 3.63) is 71.9 Å². The van der Waals surface area contributed by atoms with Gasteiger partial charge in [-0.2, -0.15) is 10.2 Å². The summed E-state index contributed by atoms with van der Waals surface area (Å²) in [4.78, 5) is 12.4. The highest BCUT2D eigenvalue weighted by molar-refractivity contribution is 5.90. The second-order valence-corrected chi connectivity index (χ2v) is 7.65. The number of carbonyl (C=O) groups excluding carboxylic acids is 1. The van der Waals surface area contributed by atoms with Crippen LogP contribution in [0.1, 0.15) is 43.2 Å². The highest BCUT2D eigenvalue weighted by Gasteiger charge is 2.20. The van der Waals surface area contributed by atoms with Crippen molar-refractivity contribution in [2.45, 2.75) is 39.0 Å². The monoisotopic (exact) mass is 386 g/mol. The fourth-order valence-electron chi connectivity index (χ4n) is 3.75. The molecule has 0 aliphatic heterocycles. The number of hydrazone groups is 1. The highest BCUT2D eigenvalue weighted by atomic mass is 16.2. The van der Waals surface area contributed by atoms with Crippen LogP contribution in [0, 0.1) is 12.8 Å². The number of nitrogens with zero attached hydrogens (tertiary/aromatic N) is 3. The molecule has 1 amide bonds. The van der Waals surface area contributed by atoms with Crippen molar-refractivity contribution in [2.75, 3.05) is 0 Å². The Morgan fingerprint density at radius 1 is 1.07 bits per heavy atom. The highest BCUT2D eigenvalue weighted by Crippen LogP contribution is 2.24. The van der Waals surface area contributed by atoms with E-state index >= 15 is 0 Å². The molecule has 5 heteroatoms. The van der Waals surface area contributed by atoms with Gasteiger partial charge in [-0.05, 0) is 31.9 Å². The number of rotatable bonds is 5. The van der Waals surface area contributed by atoms with Crippen molar-refractivity contribution < 1.29 is 4.79 Å². The van der Waals surface area contributed by atoms with E-state index < -0.39 is 0 Å². The summed E-state index contributed by atoms with van der Waals surface area (Å²) < 4.78 is 1.85. The minimum absolute atomic E-state index is 0.0216. The fourth-order valence-corrected chi connectivity index (χ4v) is 3.75. The molecule has 29 heavy (non-hydrogen) atoms. The summed E-state index contributed by atoms with van der Waals surface area (Å²) in [5, 5.41) is 9.03. The molecule has 1 saturated carbocycles. The third-order valence-electron chi connectivity index (χ3n) is 5.44. The van der Waals surface area contributed by atoms with Crippen LogP contribution in [0.15, 0.2) is 65.9 Å². The molecule has 1 aromatic heterocycles. The lowest BCUT2D eigenvalue weighted by molar-refractivity contribution is -0.125. The van der Waals surface area contributed by atoms with E-state index in [4.69, 9.17) is 5.10 Å². The molecule has 148 valence electrons. The second-order valence-electron chi connectivity index (χ2n) is 7.65. The number of aryl methyl sites for hydroxylation is 1. The van der Waals surface area contributed by atoms with Crippen LogP contribution < -0.4 is 5.43 Å². The molecule has 4 rings (SSSR count). The quantitative estimate of drug-likeness (QED) is 0.502. The van der Waals surface area contributed by atoms with Crippen LogP contribution in [0.5, 0.6) is 0 Å². The summed E-state index contributed by atoms with van der Waals surface area (Å²) in [7, 11) is 0. The lowest BCUT2D eigenvalue weighted by Crippen LogP contribution is -2.28. The van der Waals surface area contributed by atoms with Crippen LogP contribution in [0.25, 0.3) is 16.9 Å². The summed E-state index contributed by atoms with van der Waals surface area (Å²) in [6.07, 6.45) is 9.05. The number of para-hydroxylation sites is 1. The number of carbonyl (C=O) groups is 1. The molecule has 1 heterocycles. The zero-order valence-corrected chi connectivity index (χ0v) is 16.7. The summed E-state index contributed by atoms with van der Waals surface area (Å²) in [6.45, 7) is 2.06. The number of aromatic nitrogens is 2. The van der Waals surface area contributed by atoms with Gasteiger partial charge in [0.25, 0.3) is 0 Å². The van der Waals surface area contributed by atoms with Crippen LogP contribution in [0.2, 0.25) is 0 Å². The minimum Gasteiger partial charge on any atom is -0.273 e. The van der Waals surface area contributed by atoms with E-state index in [0.29, 0.717) is 0 Å². The van der Waals surface area contributed by atoms with Gasteiger partial charge in [0.05, 0.1) is 11.9 Å². The maximum Gasteiger partial charge on any atom is 0.243 e. The topological polar surface area (TPSA) is 59.3 Å². The Bertz CT molecular complexity index is 983. The van der Waals surface area contributed by atoms with Gasteiger partial charge < -0.3 is 0 Å². The van der Waals surface area contributed by atoms with Gasteiger partial charge >= 0.3 is 0 Å². The van der Waals surface area contributed by atoms with Crippen molar-refractivity contribution in [3.63, 3.8) is 0 Å². The third kappa shape index (κ3) is 4.62.